The fourth-order valence-electron chi connectivity index (χ4n) is 1.05. The van der Waals surface area contributed by atoms with Crippen molar-refractivity contribution in [2.75, 3.05) is 6.54 Å². The number of allylic oxidation sites excluding steroid dienone is 2. The first kappa shape index (κ1) is 13.3. The molecule has 0 aromatic carbocycles. The number of hydrogen-bond donors (Lipinski definition) is 2. The van der Waals surface area contributed by atoms with Gasteiger partial charge in [-0.15, -0.1) is 0 Å². The maximum atomic E-state index is 9.00. The Hall–Kier alpha value is -0.670. The molecule has 0 saturated heterocycles. The second-order valence-electron chi connectivity index (χ2n) is 3.34. The molecule has 0 aliphatic heterocycles. The molecule has 0 radical (unpaired) electrons. The molecule has 0 aromatic heterocycles. The molecule has 0 spiro atoms. The lowest BCUT2D eigenvalue weighted by atomic mass is 10.2. The number of aliphatic hydroxyl groups is 1. The zero-order chi connectivity index (χ0) is 11.0. The summed E-state index contributed by atoms with van der Waals surface area (Å²) in [5.41, 5.74) is 2.23. The van der Waals surface area contributed by atoms with Crippen molar-refractivity contribution in [2.45, 2.75) is 46.8 Å². The average molecular weight is 198 g/mol. The van der Waals surface area contributed by atoms with E-state index in [0.717, 1.165) is 25.1 Å². The van der Waals surface area contributed by atoms with Crippen LogP contribution in [-0.2, 0) is 0 Å². The fourth-order valence-corrected chi connectivity index (χ4v) is 1.05. The molecule has 0 rings (SSSR count). The van der Waals surface area contributed by atoms with Crippen molar-refractivity contribution in [1.29, 1.82) is 0 Å². The van der Waals surface area contributed by atoms with Gasteiger partial charge in [0.1, 0.15) is 6.23 Å². The fraction of sp³-hybridized carbons (Fsp3) is 0.727. The van der Waals surface area contributed by atoms with Crippen LogP contribution in [0, 0.1) is 0 Å². The first-order valence-corrected chi connectivity index (χ1v) is 5.21. The van der Waals surface area contributed by atoms with E-state index in [1.54, 1.807) is 6.92 Å². The van der Waals surface area contributed by atoms with Gasteiger partial charge >= 0.3 is 0 Å². The molecule has 1 unspecified atom stereocenters. The third-order valence-electron chi connectivity index (χ3n) is 2.01. The van der Waals surface area contributed by atoms with Gasteiger partial charge in [-0.25, -0.2) is 0 Å². The molecule has 1 atom stereocenters. The zero-order valence-electron chi connectivity index (χ0n) is 9.67. The highest BCUT2D eigenvalue weighted by Crippen LogP contribution is 2.00. The van der Waals surface area contributed by atoms with Gasteiger partial charge in [0.25, 0.3) is 0 Å². The van der Waals surface area contributed by atoms with Crippen LogP contribution in [0.1, 0.15) is 40.5 Å². The minimum absolute atomic E-state index is 0.434. The van der Waals surface area contributed by atoms with E-state index in [2.05, 4.69) is 17.2 Å². The van der Waals surface area contributed by atoms with E-state index in [9.17, 15) is 0 Å². The second kappa shape index (κ2) is 7.71. The smallest absolute Gasteiger partial charge is 0.102 e. The van der Waals surface area contributed by atoms with Gasteiger partial charge in [-0.2, -0.15) is 0 Å². The van der Waals surface area contributed by atoms with Crippen LogP contribution < -0.4 is 5.32 Å². The van der Waals surface area contributed by atoms with Crippen LogP contribution >= 0.6 is 0 Å². The third-order valence-corrected chi connectivity index (χ3v) is 2.01. The normalized spacial score (nSPS) is 15.8. The number of aliphatic imine (C=N–C) groups is 1. The predicted molar refractivity (Wildman–Crippen MR) is 61.5 cm³/mol. The molecule has 0 fully saturated rings. The summed E-state index contributed by atoms with van der Waals surface area (Å²) in [5, 5.41) is 12.0. The predicted octanol–water partition coefficient (Wildman–Crippen LogP) is 2.08. The third kappa shape index (κ3) is 6.80. The van der Waals surface area contributed by atoms with Crippen LogP contribution in [0.15, 0.2) is 16.8 Å². The lowest BCUT2D eigenvalue weighted by molar-refractivity contribution is 0.158. The molecule has 0 saturated carbocycles. The summed E-state index contributed by atoms with van der Waals surface area (Å²) >= 11 is 0. The topological polar surface area (TPSA) is 44.6 Å². The molecular weight excluding hydrogens is 176 g/mol. The Bertz CT molecular complexity index is 207. The van der Waals surface area contributed by atoms with Gasteiger partial charge in [-0.1, -0.05) is 13.0 Å². The Morgan fingerprint density at radius 1 is 1.57 bits per heavy atom. The molecule has 3 nitrogen and oxygen atoms in total. The van der Waals surface area contributed by atoms with Gasteiger partial charge in [-0.05, 0) is 33.6 Å². The molecular formula is C11H22N2O. The molecule has 0 aromatic rings. The number of nitrogens with one attached hydrogen (secondary N) is 1. The van der Waals surface area contributed by atoms with Gasteiger partial charge in [0.2, 0.25) is 0 Å². The van der Waals surface area contributed by atoms with Crippen molar-refractivity contribution in [3.63, 3.8) is 0 Å². The van der Waals surface area contributed by atoms with Gasteiger partial charge < -0.3 is 5.11 Å². The number of hydrogen-bond acceptors (Lipinski definition) is 3. The molecule has 0 aliphatic rings. The Morgan fingerprint density at radius 3 is 2.64 bits per heavy atom. The minimum atomic E-state index is -0.434. The zero-order valence-corrected chi connectivity index (χ0v) is 9.67. The maximum Gasteiger partial charge on any atom is 0.102 e. The van der Waals surface area contributed by atoms with E-state index >= 15 is 0 Å². The van der Waals surface area contributed by atoms with Crippen LogP contribution in [0.5, 0.6) is 0 Å². The van der Waals surface area contributed by atoms with Crippen LogP contribution in [-0.4, -0.2) is 23.6 Å². The van der Waals surface area contributed by atoms with Crippen molar-refractivity contribution >= 4 is 5.71 Å². The van der Waals surface area contributed by atoms with Crippen LogP contribution in [0.25, 0.3) is 0 Å². The Morgan fingerprint density at radius 2 is 2.21 bits per heavy atom. The SMILES string of the molecule is C/C=C(\C)N=C(CC)CCNC(C)O. The highest BCUT2D eigenvalue weighted by molar-refractivity contribution is 5.85. The standard InChI is InChI=1S/C11H22N2O/c1-5-9(3)13-11(6-2)7-8-12-10(4)14/h5,10,12,14H,6-8H2,1-4H3/b9-5+,13-11?. The van der Waals surface area contributed by atoms with Crippen molar-refractivity contribution in [3.05, 3.63) is 11.8 Å². The second-order valence-corrected chi connectivity index (χ2v) is 3.34. The van der Waals surface area contributed by atoms with E-state index in [0.29, 0.717) is 0 Å². The van der Waals surface area contributed by atoms with Gasteiger partial charge in [0.05, 0.1) is 0 Å². The summed E-state index contributed by atoms with van der Waals surface area (Å²) in [7, 11) is 0. The lowest BCUT2D eigenvalue weighted by Crippen LogP contribution is -2.27. The average Bonchev–Trinajstić information content (AvgIpc) is 2.15. The summed E-state index contributed by atoms with van der Waals surface area (Å²) in [6.45, 7) is 8.59. The van der Waals surface area contributed by atoms with E-state index < -0.39 is 6.23 Å². The van der Waals surface area contributed by atoms with E-state index in [1.807, 2.05) is 19.9 Å². The summed E-state index contributed by atoms with van der Waals surface area (Å²) in [5.74, 6) is 0. The summed E-state index contributed by atoms with van der Waals surface area (Å²) < 4.78 is 0. The Labute approximate surface area is 86.9 Å². The van der Waals surface area contributed by atoms with Crippen molar-refractivity contribution < 1.29 is 5.11 Å². The first-order chi connectivity index (χ1) is 6.60. The monoisotopic (exact) mass is 198 g/mol. The van der Waals surface area contributed by atoms with Crippen LogP contribution in [0.3, 0.4) is 0 Å². The highest BCUT2D eigenvalue weighted by atomic mass is 16.3. The molecule has 82 valence electrons. The van der Waals surface area contributed by atoms with Gasteiger partial charge in [0.15, 0.2) is 0 Å². The molecule has 0 aliphatic carbocycles. The van der Waals surface area contributed by atoms with E-state index in [-0.39, 0.29) is 0 Å². The first-order valence-electron chi connectivity index (χ1n) is 5.21. The molecule has 14 heavy (non-hydrogen) atoms. The summed E-state index contributed by atoms with van der Waals surface area (Å²) in [6.07, 6.45) is 3.42. The molecule has 2 N–H and O–H groups in total. The molecule has 3 heteroatoms. The minimum Gasteiger partial charge on any atom is -0.379 e. The molecule has 0 amide bonds. The van der Waals surface area contributed by atoms with E-state index in [4.69, 9.17) is 5.11 Å². The van der Waals surface area contributed by atoms with Crippen LogP contribution in [0.4, 0.5) is 0 Å². The van der Waals surface area contributed by atoms with Crippen molar-refractivity contribution in [2.24, 2.45) is 4.99 Å². The lowest BCUT2D eigenvalue weighted by Gasteiger charge is -2.08. The van der Waals surface area contributed by atoms with E-state index in [1.165, 1.54) is 5.71 Å². The Balaban J connectivity index is 3.97. The van der Waals surface area contributed by atoms with Gasteiger partial charge in [0, 0.05) is 18.0 Å². The number of aliphatic hydroxyl groups excluding tert-OH is 1. The van der Waals surface area contributed by atoms with Gasteiger partial charge in [-0.3, -0.25) is 10.3 Å². The van der Waals surface area contributed by atoms with Crippen LogP contribution in [0.2, 0.25) is 0 Å². The highest BCUT2D eigenvalue weighted by Gasteiger charge is 1.98. The number of nitrogens with zero attached hydrogens (tertiary/aromatic N) is 1. The summed E-state index contributed by atoms with van der Waals surface area (Å²) in [6, 6.07) is 0. The molecule has 0 heterocycles. The Kier molecular flexibility index (Phi) is 7.34. The van der Waals surface area contributed by atoms with Crippen molar-refractivity contribution in [3.8, 4) is 0 Å². The summed E-state index contributed by atoms with van der Waals surface area (Å²) in [4.78, 5) is 4.47. The maximum absolute atomic E-state index is 9.00. The van der Waals surface area contributed by atoms with Crippen molar-refractivity contribution in [1.82, 2.24) is 5.32 Å². The quantitative estimate of drug-likeness (QED) is 0.507. The molecule has 0 bridgehead atoms. The number of rotatable bonds is 6. The largest absolute Gasteiger partial charge is 0.379 e.